The molecule has 4 heteroatoms. The van der Waals surface area contributed by atoms with Crippen LogP contribution in [0.2, 0.25) is 0 Å². The number of hydrogen-bond acceptors (Lipinski definition) is 4. The predicted molar refractivity (Wildman–Crippen MR) is 113 cm³/mol. The first-order valence-corrected chi connectivity index (χ1v) is 9.66. The third-order valence-electron chi connectivity index (χ3n) is 4.44. The topological polar surface area (TPSA) is 47.9 Å². The molecule has 0 N–H and O–H groups in total. The molecule has 0 bridgehead atoms. The second-order valence-electron chi connectivity index (χ2n) is 6.81. The van der Waals surface area contributed by atoms with Gasteiger partial charge in [-0.3, -0.25) is 9.79 Å². The normalized spacial score (nSPS) is 18.4. The van der Waals surface area contributed by atoms with Gasteiger partial charge in [0.05, 0.1) is 12.3 Å². The number of allylic oxidation sites excluding steroid dienone is 3. The molecule has 0 fully saturated rings. The van der Waals surface area contributed by atoms with E-state index in [1.807, 2.05) is 44.3 Å². The Hall–Kier alpha value is -2.20. The second kappa shape index (κ2) is 11.5. The van der Waals surface area contributed by atoms with Gasteiger partial charge in [-0.2, -0.15) is 0 Å². The van der Waals surface area contributed by atoms with Crippen molar-refractivity contribution in [2.45, 2.75) is 41.5 Å². The van der Waals surface area contributed by atoms with E-state index < -0.39 is 0 Å². The van der Waals surface area contributed by atoms with Gasteiger partial charge in [-0.25, -0.2) is 0 Å². The van der Waals surface area contributed by atoms with Crippen LogP contribution < -0.4 is 4.74 Å². The quantitative estimate of drug-likeness (QED) is 0.588. The lowest BCUT2D eigenvalue weighted by molar-refractivity contribution is -0.121. The lowest BCUT2D eigenvalue weighted by atomic mass is 9.79. The second-order valence-corrected chi connectivity index (χ2v) is 6.81. The lowest BCUT2D eigenvalue weighted by Gasteiger charge is -2.25. The van der Waals surface area contributed by atoms with Gasteiger partial charge in [-0.15, -0.1) is 0 Å². The van der Waals surface area contributed by atoms with Crippen molar-refractivity contribution in [1.29, 1.82) is 0 Å². The van der Waals surface area contributed by atoms with Crippen molar-refractivity contribution in [3.05, 3.63) is 54.3 Å². The third kappa shape index (κ3) is 7.51. The van der Waals surface area contributed by atoms with Crippen molar-refractivity contribution in [3.63, 3.8) is 0 Å². The minimum Gasteiger partial charge on any atom is -0.491 e. The van der Waals surface area contributed by atoms with Gasteiger partial charge in [-0.05, 0) is 43.2 Å². The molecule has 2 rings (SSSR count). The highest BCUT2D eigenvalue weighted by Gasteiger charge is 2.23. The number of benzene rings is 1. The Morgan fingerprint density at radius 2 is 1.78 bits per heavy atom. The number of ether oxygens (including phenoxy) is 2. The smallest absolute Gasteiger partial charge is 0.155 e. The molecule has 0 saturated carbocycles. The summed E-state index contributed by atoms with van der Waals surface area (Å²) in [5.74, 6) is 1.30. The summed E-state index contributed by atoms with van der Waals surface area (Å²) in [6.45, 7) is 13.1. The number of carbonyl (C=O) groups excluding carboxylic acids is 1. The SMILES string of the molecule is CC.CC(=O)COCCOc1ccc(C2=NC=CC(C)(C(C)C)C=C2)cc1. The molecule has 0 spiro atoms. The molecule has 0 aromatic heterocycles. The molecule has 1 aromatic carbocycles. The molecule has 1 aliphatic heterocycles. The van der Waals surface area contributed by atoms with Crippen LogP contribution in [-0.4, -0.2) is 31.3 Å². The predicted octanol–water partition coefficient (Wildman–Crippen LogP) is 5.23. The first kappa shape index (κ1) is 22.8. The Bertz CT molecular complexity index is 671. The summed E-state index contributed by atoms with van der Waals surface area (Å²) in [5, 5.41) is 0. The zero-order valence-corrected chi connectivity index (χ0v) is 17.5. The fraction of sp³-hybridized carbons (Fsp3) is 0.478. The van der Waals surface area contributed by atoms with Gasteiger partial charge in [0, 0.05) is 17.2 Å². The number of ketones is 1. The average Bonchev–Trinajstić information content (AvgIpc) is 2.86. The number of hydrogen-bond donors (Lipinski definition) is 0. The summed E-state index contributed by atoms with van der Waals surface area (Å²) in [6, 6.07) is 7.85. The molecule has 27 heavy (non-hydrogen) atoms. The molecule has 1 atom stereocenters. The monoisotopic (exact) mass is 371 g/mol. The highest BCUT2D eigenvalue weighted by Crippen LogP contribution is 2.32. The summed E-state index contributed by atoms with van der Waals surface area (Å²) in [5.41, 5.74) is 2.01. The molecule has 0 amide bonds. The van der Waals surface area contributed by atoms with Crippen LogP contribution >= 0.6 is 0 Å². The first-order valence-electron chi connectivity index (χ1n) is 9.66. The van der Waals surface area contributed by atoms with E-state index in [1.165, 1.54) is 6.92 Å². The summed E-state index contributed by atoms with van der Waals surface area (Å²) in [6.07, 6.45) is 8.36. The zero-order valence-electron chi connectivity index (χ0n) is 17.5. The van der Waals surface area contributed by atoms with Gasteiger partial charge in [-0.1, -0.05) is 46.8 Å². The number of aliphatic imine (C=N–C) groups is 1. The molecular weight excluding hydrogens is 338 g/mol. The number of Topliss-reactive ketones (excluding diaryl/α,β-unsaturated/α-hetero) is 1. The van der Waals surface area contributed by atoms with Crippen LogP contribution in [0, 0.1) is 11.3 Å². The Kier molecular flexibility index (Phi) is 9.73. The third-order valence-corrected chi connectivity index (χ3v) is 4.44. The van der Waals surface area contributed by atoms with E-state index in [9.17, 15) is 4.79 Å². The van der Waals surface area contributed by atoms with Gasteiger partial charge in [0.15, 0.2) is 5.78 Å². The summed E-state index contributed by atoms with van der Waals surface area (Å²) in [7, 11) is 0. The number of carbonyl (C=O) groups is 1. The number of rotatable bonds is 8. The first-order chi connectivity index (χ1) is 12.9. The van der Waals surface area contributed by atoms with E-state index >= 15 is 0 Å². The molecule has 1 heterocycles. The van der Waals surface area contributed by atoms with Crippen molar-refractivity contribution in [2.24, 2.45) is 16.3 Å². The Morgan fingerprint density at radius 3 is 2.37 bits per heavy atom. The summed E-state index contributed by atoms with van der Waals surface area (Å²) < 4.78 is 10.8. The lowest BCUT2D eigenvalue weighted by Crippen LogP contribution is -2.17. The van der Waals surface area contributed by atoms with Crippen LogP contribution in [0.3, 0.4) is 0 Å². The minimum absolute atomic E-state index is 0.0178. The molecule has 1 aliphatic rings. The maximum atomic E-state index is 10.8. The van der Waals surface area contributed by atoms with Crippen molar-refractivity contribution >= 4 is 11.5 Å². The van der Waals surface area contributed by atoms with E-state index in [4.69, 9.17) is 9.47 Å². The average molecular weight is 372 g/mol. The number of nitrogens with zero attached hydrogens (tertiary/aromatic N) is 1. The van der Waals surface area contributed by atoms with Crippen LogP contribution in [0.15, 0.2) is 53.7 Å². The molecule has 0 saturated heterocycles. The molecule has 0 aliphatic carbocycles. The fourth-order valence-electron chi connectivity index (χ4n) is 2.35. The highest BCUT2D eigenvalue weighted by atomic mass is 16.5. The van der Waals surface area contributed by atoms with Crippen molar-refractivity contribution < 1.29 is 14.3 Å². The summed E-state index contributed by atoms with van der Waals surface area (Å²) >= 11 is 0. The van der Waals surface area contributed by atoms with Crippen molar-refractivity contribution in [1.82, 2.24) is 0 Å². The van der Waals surface area contributed by atoms with Crippen LogP contribution in [0.1, 0.15) is 47.1 Å². The molecule has 4 nitrogen and oxygen atoms in total. The Labute approximate surface area is 164 Å². The van der Waals surface area contributed by atoms with Gasteiger partial charge < -0.3 is 9.47 Å². The van der Waals surface area contributed by atoms with Crippen molar-refractivity contribution in [3.8, 4) is 5.75 Å². The van der Waals surface area contributed by atoms with Crippen LogP contribution in [0.25, 0.3) is 0 Å². The summed E-state index contributed by atoms with van der Waals surface area (Å²) in [4.78, 5) is 15.3. The minimum atomic E-state index is 0.0178. The standard InChI is InChI=1S/C21H27NO3.C2H6/c1-16(2)21(4)10-9-20(22-12-11-21)18-5-7-19(8-6-18)25-14-13-24-15-17(3)23;1-2/h5-12,16H,13-15H2,1-4H3;1-2H3. The van der Waals surface area contributed by atoms with Crippen LogP contribution in [0.5, 0.6) is 5.75 Å². The molecule has 0 radical (unpaired) electrons. The Balaban J connectivity index is 0.00000176. The molecule has 1 aromatic rings. The molecule has 148 valence electrons. The van der Waals surface area contributed by atoms with Gasteiger partial charge in [0.25, 0.3) is 0 Å². The van der Waals surface area contributed by atoms with E-state index in [0.717, 1.165) is 17.0 Å². The van der Waals surface area contributed by atoms with Gasteiger partial charge >= 0.3 is 0 Å². The van der Waals surface area contributed by atoms with Crippen LogP contribution in [-0.2, 0) is 9.53 Å². The maximum absolute atomic E-state index is 10.8. The van der Waals surface area contributed by atoms with E-state index in [0.29, 0.717) is 19.1 Å². The molecule has 1 unspecified atom stereocenters. The van der Waals surface area contributed by atoms with E-state index in [1.54, 1.807) is 0 Å². The fourth-order valence-corrected chi connectivity index (χ4v) is 2.35. The molecular formula is C23H33NO3. The largest absolute Gasteiger partial charge is 0.491 e. The van der Waals surface area contributed by atoms with E-state index in [-0.39, 0.29) is 17.8 Å². The highest BCUT2D eigenvalue weighted by molar-refractivity contribution is 6.09. The Morgan fingerprint density at radius 1 is 1.11 bits per heavy atom. The zero-order chi connectivity index (χ0) is 20.3. The van der Waals surface area contributed by atoms with E-state index in [2.05, 4.69) is 44.0 Å². The van der Waals surface area contributed by atoms with Crippen molar-refractivity contribution in [2.75, 3.05) is 19.8 Å². The van der Waals surface area contributed by atoms with Gasteiger partial charge in [0.2, 0.25) is 0 Å². The maximum Gasteiger partial charge on any atom is 0.155 e. The van der Waals surface area contributed by atoms with Gasteiger partial charge in [0.1, 0.15) is 19.0 Å². The van der Waals surface area contributed by atoms with Crippen LogP contribution in [0.4, 0.5) is 0 Å².